The van der Waals surface area contributed by atoms with Crippen molar-refractivity contribution in [3.8, 4) is 17.1 Å². The van der Waals surface area contributed by atoms with E-state index in [1.165, 1.54) is 0 Å². The van der Waals surface area contributed by atoms with Crippen LogP contribution in [0.3, 0.4) is 0 Å². The van der Waals surface area contributed by atoms with Crippen molar-refractivity contribution in [1.82, 2.24) is 15.0 Å². The van der Waals surface area contributed by atoms with Crippen LogP contribution in [-0.2, 0) is 6.54 Å². The number of nitrogens with two attached hydrogens (primary N) is 1. The Morgan fingerprint density at radius 2 is 2.16 bits per heavy atom. The molecule has 96 valence electrons. The van der Waals surface area contributed by atoms with Gasteiger partial charge < -0.3 is 10.2 Å². The standard InChI is InChI=1S/C13H11ClN4O/c14-9-3-1-4-10(7-9)18-13(11(8-15)16-17-18)12-5-2-6-19-12/h1-7H,8,15H2. The van der Waals surface area contributed by atoms with E-state index in [9.17, 15) is 0 Å². The number of furan rings is 1. The van der Waals surface area contributed by atoms with Crippen molar-refractivity contribution >= 4 is 11.6 Å². The molecule has 0 aliphatic heterocycles. The summed E-state index contributed by atoms with van der Waals surface area (Å²) in [6.07, 6.45) is 1.60. The minimum Gasteiger partial charge on any atom is -0.463 e. The zero-order valence-corrected chi connectivity index (χ0v) is 10.7. The Hall–Kier alpha value is -2.11. The molecule has 3 rings (SSSR count). The van der Waals surface area contributed by atoms with Crippen LogP contribution in [0.15, 0.2) is 47.1 Å². The highest BCUT2D eigenvalue weighted by Crippen LogP contribution is 2.26. The molecule has 0 saturated heterocycles. The predicted octanol–water partition coefficient (Wildman–Crippen LogP) is 2.64. The van der Waals surface area contributed by atoms with Crippen LogP contribution in [0, 0.1) is 0 Å². The molecule has 2 aromatic heterocycles. The van der Waals surface area contributed by atoms with Gasteiger partial charge in [0.1, 0.15) is 11.4 Å². The Balaban J connectivity index is 2.20. The van der Waals surface area contributed by atoms with Gasteiger partial charge in [-0.05, 0) is 30.3 Å². The first kappa shape index (κ1) is 12.0. The number of nitrogens with zero attached hydrogens (tertiary/aromatic N) is 3. The summed E-state index contributed by atoms with van der Waals surface area (Å²) >= 11 is 6.00. The molecule has 0 atom stereocenters. The quantitative estimate of drug-likeness (QED) is 0.797. The van der Waals surface area contributed by atoms with E-state index < -0.39 is 0 Å². The largest absolute Gasteiger partial charge is 0.463 e. The van der Waals surface area contributed by atoms with E-state index in [1.54, 1.807) is 17.0 Å². The molecular weight excluding hydrogens is 264 g/mol. The Labute approximate surface area is 114 Å². The molecule has 0 aliphatic rings. The lowest BCUT2D eigenvalue weighted by Crippen LogP contribution is -2.02. The van der Waals surface area contributed by atoms with E-state index in [1.807, 2.05) is 30.3 Å². The molecule has 1 aromatic carbocycles. The summed E-state index contributed by atoms with van der Waals surface area (Å²) in [7, 11) is 0. The molecule has 0 radical (unpaired) electrons. The van der Waals surface area contributed by atoms with Crippen LogP contribution in [0.5, 0.6) is 0 Å². The van der Waals surface area contributed by atoms with Crippen molar-refractivity contribution in [2.45, 2.75) is 6.54 Å². The molecule has 5 nitrogen and oxygen atoms in total. The van der Waals surface area contributed by atoms with Crippen LogP contribution in [0.25, 0.3) is 17.1 Å². The van der Waals surface area contributed by atoms with Gasteiger partial charge in [0.25, 0.3) is 0 Å². The normalized spacial score (nSPS) is 10.8. The molecule has 6 heteroatoms. The van der Waals surface area contributed by atoms with Crippen molar-refractivity contribution in [2.24, 2.45) is 5.73 Å². The first-order valence-electron chi connectivity index (χ1n) is 5.74. The van der Waals surface area contributed by atoms with E-state index in [2.05, 4.69) is 10.3 Å². The summed E-state index contributed by atoms with van der Waals surface area (Å²) in [5.41, 5.74) is 7.93. The molecule has 2 heterocycles. The van der Waals surface area contributed by atoms with E-state index in [0.717, 1.165) is 11.4 Å². The van der Waals surface area contributed by atoms with Crippen LogP contribution in [0.1, 0.15) is 5.69 Å². The van der Waals surface area contributed by atoms with Crippen LogP contribution >= 0.6 is 11.6 Å². The Morgan fingerprint density at radius 1 is 1.26 bits per heavy atom. The van der Waals surface area contributed by atoms with Gasteiger partial charge in [-0.25, -0.2) is 4.68 Å². The van der Waals surface area contributed by atoms with E-state index in [4.69, 9.17) is 21.8 Å². The summed E-state index contributed by atoms with van der Waals surface area (Å²) in [6.45, 7) is 0.288. The first-order valence-corrected chi connectivity index (χ1v) is 6.12. The SMILES string of the molecule is NCc1nnn(-c2cccc(Cl)c2)c1-c1ccco1. The second-order valence-corrected chi connectivity index (χ2v) is 4.39. The minimum absolute atomic E-state index is 0.288. The van der Waals surface area contributed by atoms with Gasteiger partial charge in [-0.15, -0.1) is 5.10 Å². The lowest BCUT2D eigenvalue weighted by Gasteiger charge is -2.05. The summed E-state index contributed by atoms with van der Waals surface area (Å²) in [4.78, 5) is 0. The highest BCUT2D eigenvalue weighted by molar-refractivity contribution is 6.30. The molecular formula is C13H11ClN4O. The fourth-order valence-corrected chi connectivity index (χ4v) is 2.08. The van der Waals surface area contributed by atoms with Crippen molar-refractivity contribution in [3.05, 3.63) is 53.4 Å². The predicted molar refractivity (Wildman–Crippen MR) is 72.0 cm³/mol. The fourth-order valence-electron chi connectivity index (χ4n) is 1.90. The van der Waals surface area contributed by atoms with Crippen molar-refractivity contribution < 1.29 is 4.42 Å². The molecule has 0 unspecified atom stereocenters. The maximum Gasteiger partial charge on any atom is 0.154 e. The number of rotatable bonds is 3. The van der Waals surface area contributed by atoms with Gasteiger partial charge >= 0.3 is 0 Å². The van der Waals surface area contributed by atoms with Crippen LogP contribution in [-0.4, -0.2) is 15.0 Å². The molecule has 2 N–H and O–H groups in total. The maximum absolute atomic E-state index is 6.00. The lowest BCUT2D eigenvalue weighted by atomic mass is 10.2. The number of hydrogen-bond acceptors (Lipinski definition) is 4. The maximum atomic E-state index is 6.00. The summed E-state index contributed by atoms with van der Waals surface area (Å²) < 4.78 is 7.10. The Kier molecular flexibility index (Phi) is 3.06. The van der Waals surface area contributed by atoms with Crippen molar-refractivity contribution in [1.29, 1.82) is 0 Å². The molecule has 0 amide bonds. The van der Waals surface area contributed by atoms with Crippen molar-refractivity contribution in [2.75, 3.05) is 0 Å². The smallest absolute Gasteiger partial charge is 0.154 e. The molecule has 0 bridgehead atoms. The average molecular weight is 275 g/mol. The minimum atomic E-state index is 0.288. The monoisotopic (exact) mass is 274 g/mol. The Morgan fingerprint density at radius 3 is 2.84 bits per heavy atom. The molecule has 0 fully saturated rings. The lowest BCUT2D eigenvalue weighted by molar-refractivity contribution is 0.576. The van der Waals surface area contributed by atoms with Gasteiger partial charge in [0.05, 0.1) is 12.0 Å². The Bertz CT molecular complexity index is 690. The van der Waals surface area contributed by atoms with Crippen LogP contribution in [0.2, 0.25) is 5.02 Å². The zero-order chi connectivity index (χ0) is 13.2. The van der Waals surface area contributed by atoms with Gasteiger partial charge in [-0.3, -0.25) is 0 Å². The van der Waals surface area contributed by atoms with Crippen LogP contribution in [0.4, 0.5) is 0 Å². The molecule has 0 aliphatic carbocycles. The fraction of sp³-hybridized carbons (Fsp3) is 0.0769. The average Bonchev–Trinajstić information content (AvgIpc) is 3.07. The topological polar surface area (TPSA) is 69.9 Å². The van der Waals surface area contributed by atoms with Crippen LogP contribution < -0.4 is 5.73 Å². The highest BCUT2D eigenvalue weighted by atomic mass is 35.5. The molecule has 19 heavy (non-hydrogen) atoms. The van der Waals surface area contributed by atoms with Gasteiger partial charge in [0.15, 0.2) is 5.76 Å². The first-order chi connectivity index (χ1) is 9.29. The van der Waals surface area contributed by atoms with Gasteiger partial charge in [-0.1, -0.05) is 22.9 Å². The number of aromatic nitrogens is 3. The number of hydrogen-bond donors (Lipinski definition) is 1. The van der Waals surface area contributed by atoms with Gasteiger partial charge in [0, 0.05) is 11.6 Å². The highest BCUT2D eigenvalue weighted by Gasteiger charge is 2.17. The third kappa shape index (κ3) is 2.14. The number of halogens is 1. The van der Waals surface area contributed by atoms with Gasteiger partial charge in [-0.2, -0.15) is 0 Å². The second kappa shape index (κ2) is 4.87. The second-order valence-electron chi connectivity index (χ2n) is 3.96. The van der Waals surface area contributed by atoms with E-state index in [0.29, 0.717) is 16.5 Å². The van der Waals surface area contributed by atoms with Crippen molar-refractivity contribution in [3.63, 3.8) is 0 Å². The number of benzene rings is 1. The van der Waals surface area contributed by atoms with E-state index in [-0.39, 0.29) is 6.54 Å². The van der Waals surface area contributed by atoms with Gasteiger partial charge in [0.2, 0.25) is 0 Å². The zero-order valence-electron chi connectivity index (χ0n) is 9.95. The third-order valence-electron chi connectivity index (χ3n) is 2.74. The third-order valence-corrected chi connectivity index (χ3v) is 2.98. The molecule has 3 aromatic rings. The summed E-state index contributed by atoms with van der Waals surface area (Å²) in [5, 5.41) is 8.84. The molecule has 0 spiro atoms. The molecule has 0 saturated carbocycles. The summed E-state index contributed by atoms with van der Waals surface area (Å²) in [6, 6.07) is 11.0. The summed E-state index contributed by atoms with van der Waals surface area (Å²) in [5.74, 6) is 0.672. The van der Waals surface area contributed by atoms with E-state index >= 15 is 0 Å².